The number of hydrogen-bond donors (Lipinski definition) is 0. The van der Waals surface area contributed by atoms with Gasteiger partial charge in [0, 0.05) is 5.92 Å². The van der Waals surface area contributed by atoms with Gasteiger partial charge in [0.15, 0.2) is 0 Å². The van der Waals surface area contributed by atoms with Crippen LogP contribution < -0.4 is 0 Å². The van der Waals surface area contributed by atoms with Crippen molar-refractivity contribution < 1.29 is 4.39 Å². The van der Waals surface area contributed by atoms with Crippen LogP contribution in [-0.2, 0) is 6.42 Å². The summed E-state index contributed by atoms with van der Waals surface area (Å²) in [5.41, 5.74) is 2.42. The average molecular weight is 166 g/mol. The van der Waals surface area contributed by atoms with E-state index in [2.05, 4.69) is 13.0 Å². The van der Waals surface area contributed by atoms with Gasteiger partial charge in [0.05, 0.1) is 6.67 Å². The van der Waals surface area contributed by atoms with Crippen LogP contribution in [-0.4, -0.2) is 6.67 Å². The third-order valence-electron chi connectivity index (χ3n) is 2.20. The normalized spacial score (nSPS) is 12.9. The molecule has 1 aromatic rings. The van der Waals surface area contributed by atoms with Gasteiger partial charge < -0.3 is 0 Å². The lowest BCUT2D eigenvalue weighted by Gasteiger charge is -2.11. The second kappa shape index (κ2) is 4.24. The van der Waals surface area contributed by atoms with E-state index in [1.54, 1.807) is 0 Å². The lowest BCUT2D eigenvalue weighted by molar-refractivity contribution is 0.446. The summed E-state index contributed by atoms with van der Waals surface area (Å²) >= 11 is 0. The zero-order valence-corrected chi connectivity index (χ0v) is 7.68. The van der Waals surface area contributed by atoms with Gasteiger partial charge in [-0.1, -0.05) is 38.1 Å². The van der Waals surface area contributed by atoms with Gasteiger partial charge in [0.1, 0.15) is 0 Å². The lowest BCUT2D eigenvalue weighted by Crippen LogP contribution is -1.99. The minimum atomic E-state index is -0.267. The van der Waals surface area contributed by atoms with E-state index in [1.807, 2.05) is 25.1 Å². The Kier molecular flexibility index (Phi) is 3.27. The average Bonchev–Trinajstić information content (AvgIpc) is 2.16. The van der Waals surface area contributed by atoms with E-state index in [0.717, 1.165) is 12.0 Å². The number of halogens is 1. The van der Waals surface area contributed by atoms with Crippen molar-refractivity contribution in [2.75, 3.05) is 6.67 Å². The second-order valence-electron chi connectivity index (χ2n) is 3.11. The van der Waals surface area contributed by atoms with Crippen LogP contribution in [0.15, 0.2) is 24.3 Å². The molecule has 1 rings (SSSR count). The van der Waals surface area contributed by atoms with Gasteiger partial charge in [0.25, 0.3) is 0 Å². The van der Waals surface area contributed by atoms with Crippen molar-refractivity contribution in [3.8, 4) is 0 Å². The summed E-state index contributed by atoms with van der Waals surface area (Å²) in [5, 5.41) is 0. The Hall–Kier alpha value is -0.850. The molecule has 1 heteroatoms. The van der Waals surface area contributed by atoms with Crippen molar-refractivity contribution in [3.63, 3.8) is 0 Å². The van der Waals surface area contributed by atoms with E-state index in [9.17, 15) is 4.39 Å². The van der Waals surface area contributed by atoms with Gasteiger partial charge in [-0.2, -0.15) is 0 Å². The monoisotopic (exact) mass is 166 g/mol. The molecule has 0 spiro atoms. The van der Waals surface area contributed by atoms with Gasteiger partial charge in [0.2, 0.25) is 0 Å². The molecular formula is C11H15F. The van der Waals surface area contributed by atoms with Crippen LogP contribution in [0.3, 0.4) is 0 Å². The smallest absolute Gasteiger partial charge is 0.0960 e. The Morgan fingerprint density at radius 3 is 2.58 bits per heavy atom. The predicted octanol–water partition coefficient (Wildman–Crippen LogP) is 3.32. The molecule has 0 saturated carbocycles. The molecule has 0 radical (unpaired) electrons. The molecular weight excluding hydrogens is 151 g/mol. The molecule has 0 aliphatic carbocycles. The van der Waals surface area contributed by atoms with E-state index < -0.39 is 0 Å². The van der Waals surface area contributed by atoms with Crippen molar-refractivity contribution in [2.24, 2.45) is 0 Å². The van der Waals surface area contributed by atoms with Crippen LogP contribution >= 0.6 is 0 Å². The van der Waals surface area contributed by atoms with E-state index in [0.29, 0.717) is 0 Å². The number of alkyl halides is 1. The number of hydrogen-bond acceptors (Lipinski definition) is 0. The van der Waals surface area contributed by atoms with Crippen LogP contribution in [0.5, 0.6) is 0 Å². The van der Waals surface area contributed by atoms with Crippen molar-refractivity contribution in [1.29, 1.82) is 0 Å². The van der Waals surface area contributed by atoms with Crippen molar-refractivity contribution in [2.45, 2.75) is 26.2 Å². The van der Waals surface area contributed by atoms with E-state index in [-0.39, 0.29) is 12.6 Å². The van der Waals surface area contributed by atoms with E-state index >= 15 is 0 Å². The zero-order chi connectivity index (χ0) is 8.97. The number of benzene rings is 1. The minimum absolute atomic E-state index is 0.0427. The topological polar surface area (TPSA) is 0 Å². The Labute approximate surface area is 73.4 Å². The van der Waals surface area contributed by atoms with Crippen LogP contribution in [0.25, 0.3) is 0 Å². The standard InChI is InChI=1S/C11H15F/c1-3-10-6-4-5-7-11(10)9(2)8-12/h4-7,9H,3,8H2,1-2H3. The summed E-state index contributed by atoms with van der Waals surface area (Å²) < 4.78 is 12.4. The summed E-state index contributed by atoms with van der Waals surface area (Å²) in [4.78, 5) is 0. The molecule has 0 aliphatic rings. The maximum absolute atomic E-state index is 12.4. The van der Waals surface area contributed by atoms with E-state index in [1.165, 1.54) is 5.56 Å². The summed E-state index contributed by atoms with van der Waals surface area (Å²) in [6.45, 7) is 3.76. The third kappa shape index (κ3) is 1.84. The highest BCUT2D eigenvalue weighted by molar-refractivity contribution is 5.29. The van der Waals surface area contributed by atoms with Crippen LogP contribution in [0.2, 0.25) is 0 Å². The highest BCUT2D eigenvalue weighted by Gasteiger charge is 2.07. The molecule has 0 nitrogen and oxygen atoms in total. The maximum Gasteiger partial charge on any atom is 0.0960 e. The summed E-state index contributed by atoms with van der Waals surface area (Å²) in [7, 11) is 0. The lowest BCUT2D eigenvalue weighted by atomic mass is 9.95. The quantitative estimate of drug-likeness (QED) is 0.646. The highest BCUT2D eigenvalue weighted by Crippen LogP contribution is 2.20. The first-order valence-corrected chi connectivity index (χ1v) is 4.43. The van der Waals surface area contributed by atoms with Crippen LogP contribution in [0.4, 0.5) is 4.39 Å². The van der Waals surface area contributed by atoms with Gasteiger partial charge >= 0.3 is 0 Å². The molecule has 0 amide bonds. The summed E-state index contributed by atoms with van der Waals surface area (Å²) in [5.74, 6) is 0.0427. The SMILES string of the molecule is CCc1ccccc1C(C)CF. The number of aryl methyl sites for hydroxylation is 1. The fraction of sp³-hybridized carbons (Fsp3) is 0.455. The first kappa shape index (κ1) is 9.24. The van der Waals surface area contributed by atoms with Gasteiger partial charge in [-0.25, -0.2) is 0 Å². The molecule has 1 unspecified atom stereocenters. The fourth-order valence-corrected chi connectivity index (χ4v) is 1.42. The zero-order valence-electron chi connectivity index (χ0n) is 7.68. The maximum atomic E-state index is 12.4. The van der Waals surface area contributed by atoms with Gasteiger partial charge in [-0.3, -0.25) is 4.39 Å². The van der Waals surface area contributed by atoms with Crippen molar-refractivity contribution in [3.05, 3.63) is 35.4 Å². The molecule has 0 aliphatic heterocycles. The largest absolute Gasteiger partial charge is 0.250 e. The predicted molar refractivity (Wildman–Crippen MR) is 50.2 cm³/mol. The summed E-state index contributed by atoms with van der Waals surface area (Å²) in [6.07, 6.45) is 0.987. The second-order valence-corrected chi connectivity index (χ2v) is 3.11. The highest BCUT2D eigenvalue weighted by atomic mass is 19.1. The molecule has 0 fully saturated rings. The molecule has 1 atom stereocenters. The Morgan fingerprint density at radius 1 is 1.33 bits per heavy atom. The van der Waals surface area contributed by atoms with Crippen LogP contribution in [0.1, 0.15) is 30.9 Å². The van der Waals surface area contributed by atoms with Crippen LogP contribution in [0, 0.1) is 0 Å². The molecule has 1 aromatic carbocycles. The minimum Gasteiger partial charge on any atom is -0.250 e. The first-order valence-electron chi connectivity index (χ1n) is 4.43. The molecule has 0 heterocycles. The fourth-order valence-electron chi connectivity index (χ4n) is 1.42. The van der Waals surface area contributed by atoms with Crippen molar-refractivity contribution >= 4 is 0 Å². The summed E-state index contributed by atoms with van der Waals surface area (Å²) in [6, 6.07) is 8.07. The Balaban J connectivity index is 2.96. The Bertz CT molecular complexity index is 243. The van der Waals surface area contributed by atoms with E-state index in [4.69, 9.17) is 0 Å². The first-order chi connectivity index (χ1) is 5.79. The molecule has 66 valence electrons. The third-order valence-corrected chi connectivity index (χ3v) is 2.20. The molecule has 12 heavy (non-hydrogen) atoms. The molecule has 0 saturated heterocycles. The molecule has 0 N–H and O–H groups in total. The number of rotatable bonds is 3. The van der Waals surface area contributed by atoms with Crippen molar-refractivity contribution in [1.82, 2.24) is 0 Å². The molecule has 0 aromatic heterocycles. The molecule has 0 bridgehead atoms. The Morgan fingerprint density at radius 2 is 2.00 bits per heavy atom. The van der Waals surface area contributed by atoms with Gasteiger partial charge in [-0.15, -0.1) is 0 Å². The van der Waals surface area contributed by atoms with Gasteiger partial charge in [-0.05, 0) is 17.5 Å².